The molecule has 0 atom stereocenters. The van der Waals surface area contributed by atoms with Crippen molar-refractivity contribution in [2.24, 2.45) is 0 Å². The summed E-state index contributed by atoms with van der Waals surface area (Å²) in [6, 6.07) is 8.78. The fraction of sp³-hybridized carbons (Fsp3) is 0.211. The first-order chi connectivity index (χ1) is 13.8. The number of benzene rings is 2. The van der Waals surface area contributed by atoms with E-state index in [1.807, 2.05) is 0 Å². The zero-order chi connectivity index (χ0) is 20.8. The molecule has 0 bridgehead atoms. The molecule has 0 N–H and O–H groups in total. The quantitative estimate of drug-likeness (QED) is 0.599. The molecular formula is C19H15ClF2N2O3S2. The number of carbonyl (C=O) groups is 1. The summed E-state index contributed by atoms with van der Waals surface area (Å²) in [7, 11) is -3.76. The van der Waals surface area contributed by atoms with Crippen LogP contribution in [0.2, 0.25) is 5.02 Å². The van der Waals surface area contributed by atoms with Gasteiger partial charge in [-0.25, -0.2) is 17.2 Å². The summed E-state index contributed by atoms with van der Waals surface area (Å²) >= 11 is 7.44. The lowest BCUT2D eigenvalue weighted by atomic mass is 10.2. The summed E-state index contributed by atoms with van der Waals surface area (Å²) in [4.78, 5) is 14.7. The van der Waals surface area contributed by atoms with Crippen molar-refractivity contribution in [3.8, 4) is 0 Å². The van der Waals surface area contributed by atoms with Crippen molar-refractivity contribution in [3.63, 3.8) is 0 Å². The van der Waals surface area contributed by atoms with Gasteiger partial charge in [0, 0.05) is 36.3 Å². The van der Waals surface area contributed by atoms with E-state index < -0.39 is 21.7 Å². The SMILES string of the molecule is O=C(c1sc2cc(F)ccc2c1Cl)N1CCN(S(=O)(=O)c2ccc(F)cc2)CC1. The Hall–Kier alpha value is -2.07. The van der Waals surface area contributed by atoms with E-state index in [-0.39, 0.29) is 42.0 Å². The van der Waals surface area contributed by atoms with E-state index in [2.05, 4.69) is 0 Å². The first kappa shape index (κ1) is 20.2. The second kappa shape index (κ2) is 7.64. The summed E-state index contributed by atoms with van der Waals surface area (Å²) in [6.45, 7) is 0.613. The van der Waals surface area contributed by atoms with Crippen molar-refractivity contribution < 1.29 is 22.0 Å². The molecule has 1 aromatic heterocycles. The minimum atomic E-state index is -3.76. The van der Waals surface area contributed by atoms with Crippen molar-refractivity contribution in [2.45, 2.75) is 4.90 Å². The highest BCUT2D eigenvalue weighted by molar-refractivity contribution is 7.89. The Morgan fingerprint density at radius 1 is 0.966 bits per heavy atom. The number of halogens is 3. The van der Waals surface area contributed by atoms with Crippen LogP contribution >= 0.6 is 22.9 Å². The van der Waals surface area contributed by atoms with Crippen LogP contribution in [0.4, 0.5) is 8.78 Å². The molecule has 2 heterocycles. The predicted molar refractivity (Wildman–Crippen MR) is 108 cm³/mol. The monoisotopic (exact) mass is 456 g/mol. The highest BCUT2D eigenvalue weighted by Gasteiger charge is 2.31. The molecule has 0 unspecified atom stereocenters. The largest absolute Gasteiger partial charge is 0.335 e. The fourth-order valence-electron chi connectivity index (χ4n) is 3.21. The van der Waals surface area contributed by atoms with Gasteiger partial charge >= 0.3 is 0 Å². The number of hydrogen-bond donors (Lipinski definition) is 0. The van der Waals surface area contributed by atoms with Crippen LogP contribution in [0.3, 0.4) is 0 Å². The van der Waals surface area contributed by atoms with Crippen LogP contribution in [0.1, 0.15) is 9.67 Å². The number of carbonyl (C=O) groups excluding carboxylic acids is 1. The average molecular weight is 457 g/mol. The van der Waals surface area contributed by atoms with E-state index in [4.69, 9.17) is 11.6 Å². The van der Waals surface area contributed by atoms with Crippen LogP contribution in [0.15, 0.2) is 47.4 Å². The van der Waals surface area contributed by atoms with Crippen molar-refractivity contribution >= 4 is 49.0 Å². The van der Waals surface area contributed by atoms with Crippen LogP contribution in [-0.4, -0.2) is 49.7 Å². The van der Waals surface area contributed by atoms with Gasteiger partial charge in [0.05, 0.1) is 9.92 Å². The maximum atomic E-state index is 13.4. The maximum absolute atomic E-state index is 13.4. The highest BCUT2D eigenvalue weighted by Crippen LogP contribution is 2.36. The van der Waals surface area contributed by atoms with Crippen LogP contribution in [0.5, 0.6) is 0 Å². The molecule has 1 amide bonds. The standard InChI is InChI=1S/C19H15ClF2N2O3S2/c20-17-15-6-3-13(22)11-16(15)28-18(17)19(25)23-7-9-24(10-8-23)29(26,27)14-4-1-12(21)2-5-14/h1-6,11H,7-10H2. The summed E-state index contributed by atoms with van der Waals surface area (Å²) in [6.07, 6.45) is 0. The van der Waals surface area contributed by atoms with Crippen LogP contribution in [-0.2, 0) is 10.0 Å². The molecule has 3 aromatic rings. The van der Waals surface area contributed by atoms with E-state index in [9.17, 15) is 22.0 Å². The second-order valence-corrected chi connectivity index (χ2v) is 9.90. The number of amides is 1. The van der Waals surface area contributed by atoms with Gasteiger partial charge in [0.15, 0.2) is 0 Å². The number of rotatable bonds is 3. The van der Waals surface area contributed by atoms with Crippen LogP contribution < -0.4 is 0 Å². The van der Waals surface area contributed by atoms with E-state index >= 15 is 0 Å². The number of nitrogens with zero attached hydrogens (tertiary/aromatic N) is 2. The summed E-state index contributed by atoms with van der Waals surface area (Å²) in [5, 5.41) is 0.885. The van der Waals surface area contributed by atoms with E-state index in [0.717, 1.165) is 23.5 Å². The first-order valence-electron chi connectivity index (χ1n) is 8.70. The van der Waals surface area contributed by atoms with Gasteiger partial charge < -0.3 is 4.90 Å². The van der Waals surface area contributed by atoms with Gasteiger partial charge in [0.2, 0.25) is 10.0 Å². The number of fused-ring (bicyclic) bond motifs is 1. The normalized spacial score (nSPS) is 15.8. The smallest absolute Gasteiger partial charge is 0.265 e. The molecule has 29 heavy (non-hydrogen) atoms. The summed E-state index contributed by atoms with van der Waals surface area (Å²) < 4.78 is 53.7. The number of sulfonamides is 1. The third-order valence-corrected chi connectivity index (χ3v) is 8.32. The van der Waals surface area contributed by atoms with Crippen molar-refractivity contribution in [2.75, 3.05) is 26.2 Å². The zero-order valence-electron chi connectivity index (χ0n) is 14.9. The second-order valence-electron chi connectivity index (χ2n) is 6.54. The van der Waals surface area contributed by atoms with Gasteiger partial charge in [-0.15, -0.1) is 11.3 Å². The Morgan fingerprint density at radius 2 is 1.59 bits per heavy atom. The number of hydrogen-bond acceptors (Lipinski definition) is 4. The van der Waals surface area contributed by atoms with Crippen LogP contribution in [0, 0.1) is 11.6 Å². The van der Waals surface area contributed by atoms with Gasteiger partial charge in [-0.3, -0.25) is 4.79 Å². The lowest BCUT2D eigenvalue weighted by Crippen LogP contribution is -2.50. The molecular weight excluding hydrogens is 442 g/mol. The molecule has 1 fully saturated rings. The molecule has 2 aromatic carbocycles. The molecule has 1 aliphatic rings. The lowest BCUT2D eigenvalue weighted by molar-refractivity contribution is 0.0703. The summed E-state index contributed by atoms with van der Waals surface area (Å²) in [5.41, 5.74) is 0. The van der Waals surface area contributed by atoms with Crippen molar-refractivity contribution in [1.29, 1.82) is 0 Å². The number of thiophene rings is 1. The molecule has 10 heteroatoms. The molecule has 0 aliphatic carbocycles. The number of piperazine rings is 1. The van der Waals surface area contributed by atoms with Gasteiger partial charge in [0.1, 0.15) is 16.5 Å². The molecule has 4 rings (SSSR count). The molecule has 1 aliphatic heterocycles. The Labute approximate surface area is 175 Å². The third-order valence-electron chi connectivity index (χ3n) is 4.76. The lowest BCUT2D eigenvalue weighted by Gasteiger charge is -2.33. The summed E-state index contributed by atoms with van der Waals surface area (Å²) in [5.74, 6) is -1.23. The Morgan fingerprint density at radius 3 is 2.24 bits per heavy atom. The van der Waals surface area contributed by atoms with Gasteiger partial charge in [-0.2, -0.15) is 4.31 Å². The first-order valence-corrected chi connectivity index (χ1v) is 11.3. The fourth-order valence-corrected chi connectivity index (χ4v) is 6.13. The highest BCUT2D eigenvalue weighted by atomic mass is 35.5. The Kier molecular flexibility index (Phi) is 5.32. The molecule has 152 valence electrons. The van der Waals surface area contributed by atoms with E-state index in [1.54, 1.807) is 0 Å². The van der Waals surface area contributed by atoms with Gasteiger partial charge in [0.25, 0.3) is 5.91 Å². The average Bonchev–Trinajstić information content (AvgIpc) is 3.03. The van der Waals surface area contributed by atoms with Gasteiger partial charge in [-0.05, 0) is 42.5 Å². The minimum absolute atomic E-state index is 0.00764. The predicted octanol–water partition coefficient (Wildman–Crippen LogP) is 3.98. The molecule has 0 radical (unpaired) electrons. The Balaban J connectivity index is 1.50. The van der Waals surface area contributed by atoms with Crippen molar-refractivity contribution in [1.82, 2.24) is 9.21 Å². The molecule has 0 spiro atoms. The van der Waals surface area contributed by atoms with Crippen LogP contribution in [0.25, 0.3) is 10.1 Å². The van der Waals surface area contributed by atoms with Gasteiger partial charge in [-0.1, -0.05) is 11.6 Å². The topological polar surface area (TPSA) is 57.7 Å². The minimum Gasteiger partial charge on any atom is -0.335 e. The Bertz CT molecular complexity index is 1190. The third kappa shape index (κ3) is 3.75. The molecule has 0 saturated carbocycles. The van der Waals surface area contributed by atoms with Crippen molar-refractivity contribution in [3.05, 3.63) is 64.0 Å². The molecule has 1 saturated heterocycles. The maximum Gasteiger partial charge on any atom is 0.265 e. The van der Waals surface area contributed by atoms with E-state index in [0.29, 0.717) is 15.0 Å². The molecule has 5 nitrogen and oxygen atoms in total. The zero-order valence-corrected chi connectivity index (χ0v) is 17.3. The van der Waals surface area contributed by atoms with E-state index in [1.165, 1.54) is 39.5 Å².